The van der Waals surface area contributed by atoms with E-state index in [4.69, 9.17) is 9.84 Å². The van der Waals surface area contributed by atoms with Gasteiger partial charge in [0.1, 0.15) is 6.54 Å². The number of rotatable bonds is 4. The third-order valence-electron chi connectivity index (χ3n) is 2.87. The molecule has 0 spiro atoms. The van der Waals surface area contributed by atoms with Crippen molar-refractivity contribution in [2.45, 2.75) is 19.5 Å². The monoisotopic (exact) mass is 297 g/mol. The van der Waals surface area contributed by atoms with Crippen LogP contribution in [0.2, 0.25) is 0 Å². The van der Waals surface area contributed by atoms with E-state index in [9.17, 15) is 14.4 Å². The zero-order chi connectivity index (χ0) is 15.4. The van der Waals surface area contributed by atoms with Crippen LogP contribution in [0.25, 0.3) is 0 Å². The molecule has 10 heteroatoms. The number of hydrogen-bond acceptors (Lipinski definition) is 6. The van der Waals surface area contributed by atoms with E-state index in [-0.39, 0.29) is 31.4 Å². The van der Waals surface area contributed by atoms with Gasteiger partial charge in [-0.2, -0.15) is 0 Å². The highest BCUT2D eigenvalue weighted by molar-refractivity contribution is 5.87. The van der Waals surface area contributed by atoms with Crippen molar-refractivity contribution in [2.75, 3.05) is 25.1 Å². The van der Waals surface area contributed by atoms with Crippen LogP contribution in [0.4, 0.5) is 5.82 Å². The number of aromatic nitrogens is 3. The Balaban J connectivity index is 2.01. The van der Waals surface area contributed by atoms with Crippen molar-refractivity contribution < 1.29 is 24.2 Å². The Bertz CT molecular complexity index is 557. The largest absolute Gasteiger partial charge is 0.480 e. The summed E-state index contributed by atoms with van der Waals surface area (Å²) in [5.41, 5.74) is 0. The van der Waals surface area contributed by atoms with Crippen molar-refractivity contribution >= 4 is 23.6 Å². The van der Waals surface area contributed by atoms with Crippen LogP contribution < -0.4 is 5.32 Å². The SMILES string of the molecule is CC(=O)Nc1cn(CC(=O)N2CCOCC2C(=O)O)nn1. The molecule has 1 unspecified atom stereocenters. The fourth-order valence-electron chi connectivity index (χ4n) is 1.95. The van der Waals surface area contributed by atoms with Gasteiger partial charge >= 0.3 is 5.97 Å². The van der Waals surface area contributed by atoms with Crippen LogP contribution in [0, 0.1) is 0 Å². The zero-order valence-electron chi connectivity index (χ0n) is 11.4. The molecule has 2 amide bonds. The van der Waals surface area contributed by atoms with Gasteiger partial charge in [-0.15, -0.1) is 5.10 Å². The molecule has 1 saturated heterocycles. The summed E-state index contributed by atoms with van der Waals surface area (Å²) in [5, 5.41) is 18.9. The van der Waals surface area contributed by atoms with Gasteiger partial charge in [0.05, 0.1) is 19.4 Å². The number of ether oxygens (including phenoxy) is 1. The standard InChI is InChI=1S/C11H15N5O5/c1-7(17)12-9-4-15(14-13-9)5-10(18)16-2-3-21-6-8(16)11(19)20/h4,8H,2-3,5-6H2,1H3,(H,12,17)(H,19,20). The van der Waals surface area contributed by atoms with Crippen LogP contribution in [0.1, 0.15) is 6.92 Å². The smallest absolute Gasteiger partial charge is 0.328 e. The Morgan fingerprint density at radius 2 is 2.29 bits per heavy atom. The Labute approximate surface area is 119 Å². The lowest BCUT2D eigenvalue weighted by atomic mass is 10.2. The maximum atomic E-state index is 12.1. The molecule has 0 saturated carbocycles. The molecule has 1 aromatic heterocycles. The number of nitrogens with one attached hydrogen (secondary N) is 1. The molecule has 1 aromatic rings. The average molecular weight is 297 g/mol. The van der Waals surface area contributed by atoms with E-state index in [2.05, 4.69) is 15.6 Å². The molecule has 0 radical (unpaired) electrons. The number of hydrogen-bond donors (Lipinski definition) is 2. The van der Waals surface area contributed by atoms with Gasteiger partial charge in [0.15, 0.2) is 11.9 Å². The predicted molar refractivity (Wildman–Crippen MR) is 68.3 cm³/mol. The van der Waals surface area contributed by atoms with Gasteiger partial charge in [0.2, 0.25) is 11.8 Å². The third kappa shape index (κ3) is 3.75. The van der Waals surface area contributed by atoms with Gasteiger partial charge in [-0.1, -0.05) is 5.21 Å². The third-order valence-corrected chi connectivity index (χ3v) is 2.87. The minimum absolute atomic E-state index is 0.0322. The fourth-order valence-corrected chi connectivity index (χ4v) is 1.95. The summed E-state index contributed by atoms with van der Waals surface area (Å²) in [6.45, 7) is 1.65. The lowest BCUT2D eigenvalue weighted by Crippen LogP contribution is -2.53. The summed E-state index contributed by atoms with van der Waals surface area (Å²) < 4.78 is 6.30. The van der Waals surface area contributed by atoms with Gasteiger partial charge in [-0.25, -0.2) is 9.48 Å². The summed E-state index contributed by atoms with van der Waals surface area (Å²) in [7, 11) is 0. The summed E-state index contributed by atoms with van der Waals surface area (Å²) in [6, 6.07) is -0.996. The molecule has 10 nitrogen and oxygen atoms in total. The maximum absolute atomic E-state index is 12.1. The number of anilines is 1. The number of carbonyl (C=O) groups excluding carboxylic acids is 2. The molecule has 21 heavy (non-hydrogen) atoms. The zero-order valence-corrected chi connectivity index (χ0v) is 11.4. The molecule has 2 N–H and O–H groups in total. The molecular formula is C11H15N5O5. The van der Waals surface area contributed by atoms with Crippen molar-refractivity contribution in [3.63, 3.8) is 0 Å². The predicted octanol–water partition coefficient (Wildman–Crippen LogP) is -1.45. The molecule has 114 valence electrons. The first-order valence-corrected chi connectivity index (χ1v) is 6.25. The van der Waals surface area contributed by atoms with Crippen LogP contribution in [0.3, 0.4) is 0 Å². The lowest BCUT2D eigenvalue weighted by Gasteiger charge is -2.32. The molecule has 2 heterocycles. The van der Waals surface area contributed by atoms with Crippen molar-refractivity contribution in [1.82, 2.24) is 19.9 Å². The number of nitrogens with zero attached hydrogens (tertiary/aromatic N) is 4. The minimum atomic E-state index is -1.11. The average Bonchev–Trinajstić information content (AvgIpc) is 2.85. The van der Waals surface area contributed by atoms with E-state index in [0.29, 0.717) is 6.61 Å². The molecule has 0 aliphatic carbocycles. The number of carboxylic acid groups (broad SMARTS) is 1. The Morgan fingerprint density at radius 1 is 1.52 bits per heavy atom. The Hall–Kier alpha value is -2.49. The first-order valence-electron chi connectivity index (χ1n) is 6.25. The second kappa shape index (κ2) is 6.31. The molecule has 2 rings (SSSR count). The van der Waals surface area contributed by atoms with Crippen molar-refractivity contribution in [3.05, 3.63) is 6.20 Å². The number of morpholine rings is 1. The molecule has 1 aliphatic rings. The van der Waals surface area contributed by atoms with Gasteiger partial charge in [0, 0.05) is 13.5 Å². The normalized spacial score (nSPS) is 18.3. The summed E-state index contributed by atoms with van der Waals surface area (Å²) in [4.78, 5) is 35.3. The highest BCUT2D eigenvalue weighted by Crippen LogP contribution is 2.09. The highest BCUT2D eigenvalue weighted by atomic mass is 16.5. The van der Waals surface area contributed by atoms with E-state index >= 15 is 0 Å². The van der Waals surface area contributed by atoms with Gasteiger partial charge in [-0.3, -0.25) is 9.59 Å². The Kier molecular flexibility index (Phi) is 4.48. The van der Waals surface area contributed by atoms with Crippen molar-refractivity contribution in [2.24, 2.45) is 0 Å². The van der Waals surface area contributed by atoms with E-state index in [0.717, 1.165) is 0 Å². The highest BCUT2D eigenvalue weighted by Gasteiger charge is 2.32. The number of carbonyl (C=O) groups is 3. The molecule has 1 atom stereocenters. The lowest BCUT2D eigenvalue weighted by molar-refractivity contribution is -0.158. The topological polar surface area (TPSA) is 127 Å². The molecule has 0 bridgehead atoms. The quantitative estimate of drug-likeness (QED) is 0.696. The second-order valence-corrected chi connectivity index (χ2v) is 4.50. The van der Waals surface area contributed by atoms with E-state index in [1.54, 1.807) is 0 Å². The fraction of sp³-hybridized carbons (Fsp3) is 0.545. The maximum Gasteiger partial charge on any atom is 0.328 e. The van der Waals surface area contributed by atoms with Gasteiger partial charge in [0.25, 0.3) is 0 Å². The first-order chi connectivity index (χ1) is 9.97. The van der Waals surface area contributed by atoms with Crippen molar-refractivity contribution in [3.8, 4) is 0 Å². The number of aliphatic carboxylic acids is 1. The molecular weight excluding hydrogens is 282 g/mol. The minimum Gasteiger partial charge on any atom is -0.480 e. The van der Waals surface area contributed by atoms with E-state index < -0.39 is 17.9 Å². The van der Waals surface area contributed by atoms with E-state index in [1.165, 1.54) is 22.7 Å². The number of carboxylic acids is 1. The summed E-state index contributed by atoms with van der Waals surface area (Å²) in [6.07, 6.45) is 1.40. The van der Waals surface area contributed by atoms with Gasteiger partial charge in [-0.05, 0) is 0 Å². The van der Waals surface area contributed by atoms with Crippen LogP contribution >= 0.6 is 0 Å². The first kappa shape index (κ1) is 14.9. The summed E-state index contributed by atoms with van der Waals surface area (Å²) in [5.74, 6) is -1.58. The molecule has 1 aliphatic heterocycles. The van der Waals surface area contributed by atoms with Crippen LogP contribution in [-0.2, 0) is 25.7 Å². The molecule has 0 aromatic carbocycles. The Morgan fingerprint density at radius 3 is 2.95 bits per heavy atom. The van der Waals surface area contributed by atoms with Crippen LogP contribution in [-0.4, -0.2) is 68.6 Å². The second-order valence-electron chi connectivity index (χ2n) is 4.50. The summed E-state index contributed by atoms with van der Waals surface area (Å²) >= 11 is 0. The van der Waals surface area contributed by atoms with Crippen LogP contribution in [0.5, 0.6) is 0 Å². The molecule has 1 fully saturated rings. The van der Waals surface area contributed by atoms with Crippen molar-refractivity contribution in [1.29, 1.82) is 0 Å². The van der Waals surface area contributed by atoms with Gasteiger partial charge < -0.3 is 20.1 Å². The van der Waals surface area contributed by atoms with E-state index in [1.807, 2.05) is 0 Å². The number of amides is 2. The van der Waals surface area contributed by atoms with Crippen LogP contribution in [0.15, 0.2) is 6.20 Å².